The average molecular weight is 274 g/mol. The fourth-order valence-corrected chi connectivity index (χ4v) is 2.72. The maximum absolute atomic E-state index is 12.5. The van der Waals surface area contributed by atoms with Crippen molar-refractivity contribution in [1.29, 1.82) is 0 Å². The molecule has 2 atom stereocenters. The predicted molar refractivity (Wildman–Crippen MR) is 76.5 cm³/mol. The van der Waals surface area contributed by atoms with E-state index < -0.39 is 0 Å². The van der Waals surface area contributed by atoms with Gasteiger partial charge in [0.2, 0.25) is 0 Å². The summed E-state index contributed by atoms with van der Waals surface area (Å²) in [5, 5.41) is 0.845. The second-order valence-corrected chi connectivity index (χ2v) is 5.26. The number of hydrogen-bond donors (Lipinski definition) is 1. The number of ether oxygens (including phenoxy) is 1. The summed E-state index contributed by atoms with van der Waals surface area (Å²) < 4.78 is 11.1. The van der Waals surface area contributed by atoms with Crippen molar-refractivity contribution < 1.29 is 13.9 Å². The molecule has 1 aliphatic heterocycles. The smallest absolute Gasteiger partial charge is 0.289 e. The second-order valence-electron chi connectivity index (χ2n) is 5.26. The van der Waals surface area contributed by atoms with Crippen LogP contribution in [0.15, 0.2) is 28.7 Å². The fraction of sp³-hybridized carbons (Fsp3) is 0.400. The third kappa shape index (κ3) is 2.14. The Bertz CT molecular complexity index is 650. The summed E-state index contributed by atoms with van der Waals surface area (Å²) in [6.07, 6.45) is 0.917. The second kappa shape index (κ2) is 4.83. The molecule has 0 spiro atoms. The molecule has 1 aromatic heterocycles. The van der Waals surface area contributed by atoms with Gasteiger partial charge in [0, 0.05) is 24.7 Å². The van der Waals surface area contributed by atoms with Crippen LogP contribution in [-0.4, -0.2) is 36.6 Å². The van der Waals surface area contributed by atoms with E-state index in [0.717, 1.165) is 11.8 Å². The first kappa shape index (κ1) is 13.0. The normalized spacial score (nSPS) is 22.3. The van der Waals surface area contributed by atoms with E-state index in [-0.39, 0.29) is 18.1 Å². The lowest BCUT2D eigenvalue weighted by atomic mass is 10.1. The Morgan fingerprint density at radius 3 is 2.90 bits per heavy atom. The highest BCUT2D eigenvalue weighted by atomic mass is 16.5. The van der Waals surface area contributed by atoms with Crippen molar-refractivity contribution >= 4 is 22.6 Å². The Labute approximate surface area is 117 Å². The lowest BCUT2D eigenvalue weighted by molar-refractivity contribution is 0.0551. The minimum atomic E-state index is -0.123. The van der Waals surface area contributed by atoms with E-state index in [2.05, 4.69) is 0 Å². The molecule has 2 heterocycles. The SMILES string of the molecule is CC1OCCC1N(C)C(=O)c1cc2cc(N)ccc2o1. The molecule has 5 nitrogen and oxygen atoms in total. The van der Waals surface area contributed by atoms with Crippen molar-refractivity contribution in [3.05, 3.63) is 30.0 Å². The highest BCUT2D eigenvalue weighted by Gasteiger charge is 2.32. The summed E-state index contributed by atoms with van der Waals surface area (Å²) >= 11 is 0. The summed E-state index contributed by atoms with van der Waals surface area (Å²) in [6.45, 7) is 2.68. The van der Waals surface area contributed by atoms with Crippen molar-refractivity contribution in [3.8, 4) is 0 Å². The molecule has 1 amide bonds. The van der Waals surface area contributed by atoms with Gasteiger partial charge < -0.3 is 19.8 Å². The molecule has 1 saturated heterocycles. The number of likely N-dealkylation sites (N-methyl/N-ethyl adjacent to an activating group) is 1. The number of fused-ring (bicyclic) bond motifs is 1. The van der Waals surface area contributed by atoms with Crippen molar-refractivity contribution in [2.45, 2.75) is 25.5 Å². The number of carbonyl (C=O) groups is 1. The van der Waals surface area contributed by atoms with Crippen molar-refractivity contribution in [1.82, 2.24) is 4.90 Å². The molecule has 0 aliphatic carbocycles. The molecule has 0 saturated carbocycles. The molecule has 20 heavy (non-hydrogen) atoms. The average Bonchev–Trinajstić information content (AvgIpc) is 3.02. The van der Waals surface area contributed by atoms with Gasteiger partial charge in [0.05, 0.1) is 12.1 Å². The number of rotatable bonds is 2. The first-order valence-electron chi connectivity index (χ1n) is 6.74. The molecule has 0 bridgehead atoms. The van der Waals surface area contributed by atoms with E-state index >= 15 is 0 Å². The van der Waals surface area contributed by atoms with E-state index in [0.29, 0.717) is 23.6 Å². The number of nitrogens with zero attached hydrogens (tertiary/aromatic N) is 1. The third-order valence-corrected chi connectivity index (χ3v) is 3.91. The van der Waals surface area contributed by atoms with Crippen molar-refractivity contribution in [2.24, 2.45) is 0 Å². The Morgan fingerprint density at radius 1 is 1.40 bits per heavy atom. The zero-order chi connectivity index (χ0) is 14.3. The number of hydrogen-bond acceptors (Lipinski definition) is 4. The van der Waals surface area contributed by atoms with Crippen molar-refractivity contribution in [3.63, 3.8) is 0 Å². The van der Waals surface area contributed by atoms with Crippen LogP contribution in [0.3, 0.4) is 0 Å². The number of carbonyl (C=O) groups excluding carboxylic acids is 1. The van der Waals surface area contributed by atoms with E-state index in [1.807, 2.05) is 6.92 Å². The molecular formula is C15H18N2O3. The topological polar surface area (TPSA) is 68.7 Å². The minimum Gasteiger partial charge on any atom is -0.451 e. The minimum absolute atomic E-state index is 0.0592. The van der Waals surface area contributed by atoms with Gasteiger partial charge >= 0.3 is 0 Å². The number of anilines is 1. The lowest BCUT2D eigenvalue weighted by Gasteiger charge is -2.25. The first-order chi connectivity index (χ1) is 9.56. The van der Waals surface area contributed by atoms with Crippen LogP contribution in [0.5, 0.6) is 0 Å². The van der Waals surface area contributed by atoms with E-state index in [1.54, 1.807) is 36.2 Å². The molecule has 1 aliphatic rings. The Hall–Kier alpha value is -2.01. The Kier molecular flexibility index (Phi) is 3.14. The van der Waals surface area contributed by atoms with E-state index in [4.69, 9.17) is 14.9 Å². The lowest BCUT2D eigenvalue weighted by Crippen LogP contribution is -2.40. The zero-order valence-electron chi connectivity index (χ0n) is 11.6. The summed E-state index contributed by atoms with van der Waals surface area (Å²) in [4.78, 5) is 14.2. The number of nitrogens with two attached hydrogens (primary N) is 1. The summed E-state index contributed by atoms with van der Waals surface area (Å²) in [5.41, 5.74) is 7.06. The molecular weight excluding hydrogens is 256 g/mol. The van der Waals surface area contributed by atoms with Crippen LogP contribution >= 0.6 is 0 Å². The summed E-state index contributed by atoms with van der Waals surface area (Å²) in [6, 6.07) is 7.18. The largest absolute Gasteiger partial charge is 0.451 e. The quantitative estimate of drug-likeness (QED) is 0.853. The Morgan fingerprint density at radius 2 is 2.20 bits per heavy atom. The number of amides is 1. The van der Waals surface area contributed by atoms with Gasteiger partial charge in [-0.25, -0.2) is 0 Å². The van der Waals surface area contributed by atoms with Crippen LogP contribution in [-0.2, 0) is 4.74 Å². The molecule has 0 radical (unpaired) electrons. The molecule has 5 heteroatoms. The van der Waals surface area contributed by atoms with Crippen LogP contribution in [0.2, 0.25) is 0 Å². The maximum Gasteiger partial charge on any atom is 0.289 e. The molecule has 106 valence electrons. The summed E-state index contributed by atoms with van der Waals surface area (Å²) in [7, 11) is 1.79. The molecule has 2 aromatic rings. The number of benzene rings is 1. The van der Waals surface area contributed by atoms with Crippen LogP contribution in [0, 0.1) is 0 Å². The number of nitrogen functional groups attached to an aromatic ring is 1. The molecule has 1 fully saturated rings. The fourth-order valence-electron chi connectivity index (χ4n) is 2.72. The highest BCUT2D eigenvalue weighted by Crippen LogP contribution is 2.25. The van der Waals surface area contributed by atoms with Gasteiger partial charge in [-0.2, -0.15) is 0 Å². The van der Waals surface area contributed by atoms with Gasteiger partial charge in [-0.15, -0.1) is 0 Å². The molecule has 3 rings (SSSR count). The number of furan rings is 1. The monoisotopic (exact) mass is 274 g/mol. The van der Waals surface area contributed by atoms with Crippen LogP contribution < -0.4 is 5.73 Å². The zero-order valence-corrected chi connectivity index (χ0v) is 11.6. The highest BCUT2D eigenvalue weighted by molar-refractivity contribution is 5.96. The first-order valence-corrected chi connectivity index (χ1v) is 6.74. The van der Waals surface area contributed by atoms with Gasteiger partial charge in [0.25, 0.3) is 5.91 Å². The van der Waals surface area contributed by atoms with Gasteiger partial charge in [0.1, 0.15) is 5.58 Å². The molecule has 1 aromatic carbocycles. The molecule has 2 unspecified atom stereocenters. The van der Waals surface area contributed by atoms with Gasteiger partial charge in [0.15, 0.2) is 5.76 Å². The van der Waals surface area contributed by atoms with Crippen LogP contribution in [0.1, 0.15) is 23.9 Å². The van der Waals surface area contributed by atoms with Gasteiger partial charge in [-0.05, 0) is 37.6 Å². The van der Waals surface area contributed by atoms with Crippen molar-refractivity contribution in [2.75, 3.05) is 19.4 Å². The van der Waals surface area contributed by atoms with Gasteiger partial charge in [-0.1, -0.05) is 0 Å². The maximum atomic E-state index is 12.5. The third-order valence-electron chi connectivity index (χ3n) is 3.91. The Balaban J connectivity index is 1.88. The standard InChI is InChI=1S/C15H18N2O3/c1-9-12(5-6-19-9)17(2)15(18)14-8-10-7-11(16)3-4-13(10)20-14/h3-4,7-9,12H,5-6,16H2,1-2H3. The van der Waals surface area contributed by atoms with Gasteiger partial charge in [-0.3, -0.25) is 4.79 Å². The summed E-state index contributed by atoms with van der Waals surface area (Å²) in [5.74, 6) is 0.217. The molecule has 2 N–H and O–H groups in total. The van der Waals surface area contributed by atoms with Crippen LogP contribution in [0.4, 0.5) is 5.69 Å². The predicted octanol–water partition coefficient (Wildman–Crippen LogP) is 2.26. The van der Waals surface area contributed by atoms with E-state index in [1.165, 1.54) is 0 Å². The van der Waals surface area contributed by atoms with Crippen LogP contribution in [0.25, 0.3) is 11.0 Å². The van der Waals surface area contributed by atoms with E-state index in [9.17, 15) is 4.79 Å².